The molecule has 0 aliphatic heterocycles. The van der Waals surface area contributed by atoms with Crippen LogP contribution in [0.25, 0.3) is 0 Å². The predicted octanol–water partition coefficient (Wildman–Crippen LogP) is 0.595. The molecule has 0 aromatic rings. The van der Waals surface area contributed by atoms with Crippen molar-refractivity contribution in [3.63, 3.8) is 0 Å². The molecule has 1 unspecified atom stereocenters. The van der Waals surface area contributed by atoms with E-state index in [0.717, 1.165) is 0 Å². The first-order valence-electron chi connectivity index (χ1n) is 3.26. The molecule has 3 nitrogen and oxygen atoms in total. The van der Waals surface area contributed by atoms with Crippen LogP contribution in [0.2, 0.25) is 0 Å². The van der Waals surface area contributed by atoms with E-state index in [-0.39, 0.29) is 0 Å². The molecule has 0 aliphatic carbocycles. The van der Waals surface area contributed by atoms with Crippen molar-refractivity contribution in [1.82, 2.24) is 10.6 Å². The van der Waals surface area contributed by atoms with Gasteiger partial charge in [0.1, 0.15) is 0 Å². The summed E-state index contributed by atoms with van der Waals surface area (Å²) >= 11 is 2.32. The summed E-state index contributed by atoms with van der Waals surface area (Å²) in [5.41, 5.74) is 0. The molecular weight excluding hydrogens is 241 g/mol. The molecule has 0 amide bonds. The first-order chi connectivity index (χ1) is 4.72. The van der Waals surface area contributed by atoms with Crippen LogP contribution < -0.4 is 10.6 Å². The molecule has 0 bridgehead atoms. The van der Waals surface area contributed by atoms with Gasteiger partial charge in [-0.3, -0.25) is 0 Å². The standard InChI is InChI=1S/C6H14IN3/c1-5(6(7)9-2)10-4-3-8/h3,5-6,8-10H,4H2,1-2H3/t5?,6-/m0/s1. The van der Waals surface area contributed by atoms with Crippen LogP contribution in [0.1, 0.15) is 6.92 Å². The molecule has 0 aromatic carbocycles. The molecule has 0 saturated carbocycles. The Morgan fingerprint density at radius 3 is 2.70 bits per heavy atom. The van der Waals surface area contributed by atoms with E-state index in [1.54, 1.807) is 0 Å². The molecule has 0 fully saturated rings. The zero-order chi connectivity index (χ0) is 7.98. The monoisotopic (exact) mass is 255 g/mol. The normalized spacial score (nSPS) is 16.3. The summed E-state index contributed by atoms with van der Waals surface area (Å²) < 4.78 is 0.428. The molecule has 0 saturated heterocycles. The largest absolute Gasteiger partial charge is 0.312 e. The Labute approximate surface area is 75.6 Å². The fourth-order valence-electron chi connectivity index (χ4n) is 0.598. The van der Waals surface area contributed by atoms with E-state index >= 15 is 0 Å². The molecule has 0 aromatic heterocycles. The Bertz CT molecular complexity index is 97.0. The average Bonchev–Trinajstić information content (AvgIpc) is 1.98. The maximum atomic E-state index is 6.78. The molecule has 10 heavy (non-hydrogen) atoms. The van der Waals surface area contributed by atoms with Gasteiger partial charge in [-0.25, -0.2) is 0 Å². The van der Waals surface area contributed by atoms with Crippen LogP contribution >= 0.6 is 22.6 Å². The highest BCUT2D eigenvalue weighted by atomic mass is 127. The first-order valence-corrected chi connectivity index (χ1v) is 4.50. The van der Waals surface area contributed by atoms with Gasteiger partial charge in [0.25, 0.3) is 0 Å². The molecule has 0 heterocycles. The molecule has 0 aliphatic rings. The Morgan fingerprint density at radius 1 is 1.70 bits per heavy atom. The lowest BCUT2D eigenvalue weighted by Gasteiger charge is -2.17. The van der Waals surface area contributed by atoms with Gasteiger partial charge < -0.3 is 16.0 Å². The first kappa shape index (κ1) is 10.3. The van der Waals surface area contributed by atoms with Crippen LogP contribution in [0.4, 0.5) is 0 Å². The number of alkyl halides is 1. The van der Waals surface area contributed by atoms with E-state index in [1.807, 2.05) is 7.05 Å². The SMILES string of the molecule is CN[C@H](I)C(C)NCC=N. The molecule has 0 spiro atoms. The van der Waals surface area contributed by atoms with Gasteiger partial charge in [-0.15, -0.1) is 0 Å². The minimum absolute atomic E-state index is 0.409. The summed E-state index contributed by atoms with van der Waals surface area (Å²) in [7, 11) is 1.93. The van der Waals surface area contributed by atoms with Crippen molar-refractivity contribution in [1.29, 1.82) is 5.41 Å². The Morgan fingerprint density at radius 2 is 2.30 bits per heavy atom. The van der Waals surface area contributed by atoms with Crippen LogP contribution in [-0.4, -0.2) is 29.9 Å². The maximum absolute atomic E-state index is 6.78. The van der Waals surface area contributed by atoms with Crippen molar-refractivity contribution >= 4 is 28.8 Å². The summed E-state index contributed by atoms with van der Waals surface area (Å²) in [6, 6.07) is 0.409. The summed E-state index contributed by atoms with van der Waals surface area (Å²) in [6.45, 7) is 2.75. The van der Waals surface area contributed by atoms with E-state index in [2.05, 4.69) is 40.1 Å². The Kier molecular flexibility index (Phi) is 6.25. The topological polar surface area (TPSA) is 47.9 Å². The van der Waals surface area contributed by atoms with Gasteiger partial charge in [-0.1, -0.05) is 22.6 Å². The third-order valence-corrected chi connectivity index (χ3v) is 2.96. The number of likely N-dealkylation sites (N-methyl/N-ethyl adjacent to an activating group) is 1. The lowest BCUT2D eigenvalue weighted by Crippen LogP contribution is -2.41. The van der Waals surface area contributed by atoms with Gasteiger partial charge in [0, 0.05) is 18.8 Å². The van der Waals surface area contributed by atoms with E-state index in [0.29, 0.717) is 16.6 Å². The van der Waals surface area contributed by atoms with E-state index in [1.165, 1.54) is 6.21 Å². The van der Waals surface area contributed by atoms with Crippen molar-refractivity contribution in [3.8, 4) is 0 Å². The number of halogens is 1. The average molecular weight is 255 g/mol. The second-order valence-electron chi connectivity index (χ2n) is 2.09. The van der Waals surface area contributed by atoms with Crippen LogP contribution in [0.3, 0.4) is 0 Å². The zero-order valence-electron chi connectivity index (χ0n) is 6.32. The van der Waals surface area contributed by atoms with Gasteiger partial charge in [0.2, 0.25) is 0 Å². The number of hydrogen-bond acceptors (Lipinski definition) is 3. The van der Waals surface area contributed by atoms with Gasteiger partial charge in [0.15, 0.2) is 0 Å². The highest BCUT2D eigenvalue weighted by Gasteiger charge is 2.08. The van der Waals surface area contributed by atoms with Gasteiger partial charge >= 0.3 is 0 Å². The molecular formula is C6H14IN3. The zero-order valence-corrected chi connectivity index (χ0v) is 8.47. The number of rotatable bonds is 5. The summed E-state index contributed by atoms with van der Waals surface area (Å²) in [5.74, 6) is 0. The molecule has 0 rings (SSSR count). The molecule has 60 valence electrons. The van der Waals surface area contributed by atoms with Gasteiger partial charge in [-0.05, 0) is 14.0 Å². The van der Waals surface area contributed by atoms with Gasteiger partial charge in [-0.2, -0.15) is 0 Å². The van der Waals surface area contributed by atoms with Crippen LogP contribution in [0.5, 0.6) is 0 Å². The maximum Gasteiger partial charge on any atom is 0.0743 e. The minimum Gasteiger partial charge on any atom is -0.312 e. The van der Waals surface area contributed by atoms with E-state index in [4.69, 9.17) is 5.41 Å². The van der Waals surface area contributed by atoms with Gasteiger partial charge in [0.05, 0.1) is 4.05 Å². The van der Waals surface area contributed by atoms with Crippen LogP contribution in [-0.2, 0) is 0 Å². The quantitative estimate of drug-likeness (QED) is 0.291. The second kappa shape index (κ2) is 6.06. The fourth-order valence-corrected chi connectivity index (χ4v) is 0.853. The van der Waals surface area contributed by atoms with E-state index in [9.17, 15) is 0 Å². The molecule has 3 N–H and O–H groups in total. The van der Waals surface area contributed by atoms with Crippen LogP contribution in [0, 0.1) is 5.41 Å². The van der Waals surface area contributed by atoms with Crippen molar-refractivity contribution in [2.75, 3.05) is 13.6 Å². The third kappa shape index (κ3) is 4.19. The van der Waals surface area contributed by atoms with Crippen molar-refractivity contribution in [3.05, 3.63) is 0 Å². The minimum atomic E-state index is 0.409. The highest BCUT2D eigenvalue weighted by molar-refractivity contribution is 14.1. The van der Waals surface area contributed by atoms with E-state index < -0.39 is 0 Å². The third-order valence-electron chi connectivity index (χ3n) is 1.26. The van der Waals surface area contributed by atoms with Crippen molar-refractivity contribution in [2.45, 2.75) is 17.0 Å². The Hall–Kier alpha value is 0.320. The lowest BCUT2D eigenvalue weighted by atomic mass is 10.3. The fraction of sp³-hybridized carbons (Fsp3) is 0.833. The smallest absolute Gasteiger partial charge is 0.0743 e. The Balaban J connectivity index is 3.40. The molecule has 4 heteroatoms. The summed E-state index contributed by atoms with van der Waals surface area (Å²) in [6.07, 6.45) is 1.37. The summed E-state index contributed by atoms with van der Waals surface area (Å²) in [4.78, 5) is 0. The summed E-state index contributed by atoms with van der Waals surface area (Å²) in [5, 5.41) is 13.1. The predicted molar refractivity (Wildman–Crippen MR) is 53.1 cm³/mol. The number of nitrogens with one attached hydrogen (secondary N) is 3. The molecule has 0 radical (unpaired) electrons. The molecule has 2 atom stereocenters. The van der Waals surface area contributed by atoms with Crippen molar-refractivity contribution < 1.29 is 0 Å². The number of hydrogen-bond donors (Lipinski definition) is 3. The highest BCUT2D eigenvalue weighted by Crippen LogP contribution is 2.00. The van der Waals surface area contributed by atoms with Crippen molar-refractivity contribution in [2.24, 2.45) is 0 Å². The van der Waals surface area contributed by atoms with Crippen LogP contribution in [0.15, 0.2) is 0 Å². The lowest BCUT2D eigenvalue weighted by molar-refractivity contribution is 0.542. The second-order valence-corrected chi connectivity index (χ2v) is 3.43.